The molecule has 4 fully saturated rings. The van der Waals surface area contributed by atoms with Gasteiger partial charge in [-0.05, 0) is 203 Å². The highest BCUT2D eigenvalue weighted by Crippen LogP contribution is 2.48. The fourth-order valence-electron chi connectivity index (χ4n) is 11.2. The molecule has 504 valence electrons. The molecule has 3 amide bonds. The summed E-state index contributed by atoms with van der Waals surface area (Å²) in [5.41, 5.74) is 0.0314. The van der Waals surface area contributed by atoms with Gasteiger partial charge in [-0.2, -0.15) is 0 Å². The van der Waals surface area contributed by atoms with Gasteiger partial charge in [0.1, 0.15) is 37.3 Å². The zero-order valence-electron chi connectivity index (χ0n) is 54.6. The third-order valence-electron chi connectivity index (χ3n) is 17.4. The number of sulfonamides is 2. The number of unbranched alkanes of at least 4 members (excludes halogenated alkanes) is 2. The fraction of sp³-hybridized carbons (Fsp3) is 0.554. The molecule has 5 N–H and O–H groups in total. The van der Waals surface area contributed by atoms with Crippen molar-refractivity contribution in [1.82, 2.24) is 59.2 Å². The van der Waals surface area contributed by atoms with Gasteiger partial charge in [0.2, 0.25) is 11.8 Å². The molecule has 2 saturated heterocycles. The van der Waals surface area contributed by atoms with Crippen molar-refractivity contribution in [3.63, 3.8) is 0 Å². The Kier molecular flexibility index (Phi) is 22.1. The maximum absolute atomic E-state index is 13.0. The Bertz CT molecular complexity index is 3810. The van der Waals surface area contributed by atoms with E-state index in [1.807, 2.05) is 35.1 Å². The normalized spacial score (nSPS) is 18.4. The largest absolute Gasteiger partial charge is 0.477 e. The maximum Gasteiger partial charge on any atom is 0.410 e. The van der Waals surface area contributed by atoms with Crippen molar-refractivity contribution in [2.75, 3.05) is 50.0 Å². The van der Waals surface area contributed by atoms with Gasteiger partial charge in [0.05, 0.1) is 24.3 Å². The van der Waals surface area contributed by atoms with Gasteiger partial charge in [0, 0.05) is 67.6 Å². The summed E-state index contributed by atoms with van der Waals surface area (Å²) in [6.45, 7) is 23.0. The van der Waals surface area contributed by atoms with Crippen molar-refractivity contribution in [2.24, 2.45) is 22.7 Å². The van der Waals surface area contributed by atoms with Crippen LogP contribution in [0.1, 0.15) is 173 Å². The van der Waals surface area contributed by atoms with Crippen molar-refractivity contribution in [1.29, 1.82) is 0 Å². The average molecular weight is 1360 g/mol. The summed E-state index contributed by atoms with van der Waals surface area (Å²) in [7, 11) is -8.41. The van der Waals surface area contributed by atoms with E-state index in [0.29, 0.717) is 84.0 Å². The van der Waals surface area contributed by atoms with E-state index < -0.39 is 37.5 Å². The number of hydrogen-bond acceptors (Lipinski definition) is 19. The summed E-state index contributed by atoms with van der Waals surface area (Å²) in [6, 6.07) is 15.2. The molecule has 6 aromatic rings. The Morgan fingerprint density at radius 2 is 1.09 bits per heavy atom. The van der Waals surface area contributed by atoms with Gasteiger partial charge in [0.15, 0.2) is 11.6 Å². The number of nitrogens with zero attached hydrogens (tertiary/aromatic N) is 9. The number of rotatable bonds is 28. The number of nitrogens with one attached hydrogen (secondary N) is 5. The van der Waals surface area contributed by atoms with Crippen molar-refractivity contribution >= 4 is 72.8 Å². The third kappa shape index (κ3) is 20.2. The van der Waals surface area contributed by atoms with Crippen LogP contribution in [0, 0.1) is 22.7 Å². The zero-order valence-corrected chi connectivity index (χ0v) is 57.7. The second-order valence-corrected chi connectivity index (χ2v) is 31.9. The lowest BCUT2D eigenvalue weighted by molar-refractivity contribution is 0.0130. The van der Waals surface area contributed by atoms with Crippen LogP contribution in [0.25, 0.3) is 11.6 Å². The molecular formula is C65H88Cl2N14O10S2. The number of halogens is 2. The summed E-state index contributed by atoms with van der Waals surface area (Å²) in [5.74, 6) is 2.00. The molecule has 2 saturated carbocycles. The van der Waals surface area contributed by atoms with E-state index in [4.69, 9.17) is 37.4 Å². The number of amides is 3. The number of pyridine rings is 4. The van der Waals surface area contributed by atoms with Gasteiger partial charge in [0.25, 0.3) is 31.9 Å². The molecule has 0 spiro atoms. The van der Waals surface area contributed by atoms with Gasteiger partial charge in [-0.3, -0.25) is 9.59 Å². The Labute approximate surface area is 555 Å². The molecule has 2 atom stereocenters. The summed E-state index contributed by atoms with van der Waals surface area (Å²) in [6.07, 6.45) is 20.6. The lowest BCUT2D eigenvalue weighted by Crippen LogP contribution is -2.45. The van der Waals surface area contributed by atoms with Crippen molar-refractivity contribution in [3.05, 3.63) is 107 Å². The number of anilines is 2. The summed E-state index contributed by atoms with van der Waals surface area (Å²) >= 11 is 12.6. The average Bonchev–Trinajstić information content (AvgIpc) is 1.73. The highest BCUT2D eigenvalue weighted by Gasteiger charge is 2.43. The molecule has 6 aromatic heterocycles. The van der Waals surface area contributed by atoms with E-state index in [1.54, 1.807) is 36.7 Å². The zero-order chi connectivity index (χ0) is 67.0. The number of carbonyl (C=O) groups excluding carboxylic acids is 3. The van der Waals surface area contributed by atoms with E-state index in [9.17, 15) is 31.2 Å². The molecule has 24 nitrogen and oxygen atoms in total. The van der Waals surface area contributed by atoms with E-state index in [0.717, 1.165) is 64.5 Å². The van der Waals surface area contributed by atoms with Crippen LogP contribution in [0.4, 0.5) is 16.4 Å². The van der Waals surface area contributed by atoms with Crippen molar-refractivity contribution in [2.45, 2.75) is 179 Å². The van der Waals surface area contributed by atoms with Gasteiger partial charge in [-0.15, -0.1) is 10.2 Å². The number of hydrogen-bond donors (Lipinski definition) is 5. The van der Waals surface area contributed by atoms with Crippen LogP contribution in [-0.4, -0.2) is 135 Å². The van der Waals surface area contributed by atoms with Crippen molar-refractivity contribution in [3.8, 4) is 23.4 Å². The molecule has 2 aliphatic carbocycles. The van der Waals surface area contributed by atoms with Crippen LogP contribution in [0.2, 0.25) is 10.3 Å². The summed E-state index contributed by atoms with van der Waals surface area (Å²) in [5, 5.41) is 18.4. The van der Waals surface area contributed by atoms with Crippen LogP contribution in [-0.2, 0) is 24.8 Å². The maximum atomic E-state index is 13.0. The minimum absolute atomic E-state index is 0.0847. The minimum atomic E-state index is -4.23. The number of aromatic nitrogens is 8. The van der Waals surface area contributed by atoms with Crippen LogP contribution < -0.4 is 34.9 Å². The van der Waals surface area contributed by atoms with Gasteiger partial charge in [-0.25, -0.2) is 60.4 Å². The van der Waals surface area contributed by atoms with Crippen molar-refractivity contribution < 1.29 is 45.4 Å². The first-order valence-electron chi connectivity index (χ1n) is 31.9. The van der Waals surface area contributed by atoms with Crippen LogP contribution in [0.5, 0.6) is 11.8 Å². The highest BCUT2D eigenvalue weighted by molar-refractivity contribution is 7.90. The second-order valence-electron chi connectivity index (χ2n) is 27.8. The topological polar surface area (TPSA) is 298 Å². The van der Waals surface area contributed by atoms with E-state index in [-0.39, 0.29) is 48.4 Å². The van der Waals surface area contributed by atoms with Gasteiger partial charge >= 0.3 is 6.09 Å². The Hall–Kier alpha value is -7.13. The Balaban J connectivity index is 0.000000222. The first kappa shape index (κ1) is 70.2. The third-order valence-corrected chi connectivity index (χ3v) is 20.6. The van der Waals surface area contributed by atoms with E-state index in [2.05, 4.69) is 87.6 Å². The fourth-order valence-corrected chi connectivity index (χ4v) is 13.5. The van der Waals surface area contributed by atoms with Gasteiger partial charge in [-0.1, -0.05) is 49.9 Å². The molecule has 28 heteroatoms. The molecule has 0 radical (unpaired) electrons. The lowest BCUT2D eigenvalue weighted by Gasteiger charge is -2.33. The molecule has 2 unspecified atom stereocenters. The molecule has 8 heterocycles. The lowest BCUT2D eigenvalue weighted by atomic mass is 9.93. The monoisotopic (exact) mass is 1360 g/mol. The number of likely N-dealkylation sites (tertiary alicyclic amines) is 1. The molecule has 10 rings (SSSR count). The summed E-state index contributed by atoms with van der Waals surface area (Å²) in [4.78, 5) is 56.8. The van der Waals surface area contributed by atoms with Crippen LogP contribution >= 0.6 is 23.2 Å². The Morgan fingerprint density at radius 1 is 0.624 bits per heavy atom. The molecular weight excluding hydrogens is 1270 g/mol. The standard InChI is InChI=1S/C35H48ClN7O6S.C30H40ClN7O4S/c1-33(2,3)49-32(45)42-23-24(21-34(42,4)5)9-7-8-18-37-27-12-10-25(22-38-27)50(46,47)41-31(44)26-11-13-28(39-30(26)36)43-19-14-29(40-43)48-20-17-35(6)15-16-35;1-29(2)18-21(19-34-29)6-4-5-15-32-24-9-7-22(20-33-24)43(40,41)37-28(39)23-8-10-25(35-27(23)31)38-16-11-26(36-38)42-17-14-30(3)12-13-30/h10-14,19,22,24H,7-9,15-18,20-21,23H2,1-6H3,(H,37,38)(H,41,44);7-11,16,20-21,34H,4-6,12-15,17-19H2,1-3H3,(H,32,33)(H,37,39). The SMILES string of the molecule is CC1(CCOc2ccn(-c3ccc(C(=O)NS(=O)(=O)c4ccc(NCCCCC5CN(C(=O)OC(C)(C)C)C(C)(C)C5)nc4)c(Cl)n3)n2)CC1.CC1(CCOc2ccn(-c3ccc(C(=O)NS(=O)(=O)c4ccc(NCCCCC5CNC(C)(C)C5)nc4)c(Cl)n3)n2)CC1. The molecule has 93 heavy (non-hydrogen) atoms. The van der Waals surface area contributed by atoms with E-state index >= 15 is 0 Å². The highest BCUT2D eigenvalue weighted by atomic mass is 35.5. The molecule has 2 aliphatic heterocycles. The molecule has 4 aliphatic rings. The molecule has 0 bridgehead atoms. The van der Waals surface area contributed by atoms with Crippen LogP contribution in [0.15, 0.2) is 95.2 Å². The number of carbonyl (C=O) groups is 3. The van der Waals surface area contributed by atoms with Gasteiger partial charge < -0.3 is 35.1 Å². The second kappa shape index (κ2) is 29.2. The smallest absolute Gasteiger partial charge is 0.410 e. The Morgan fingerprint density at radius 3 is 1.48 bits per heavy atom. The van der Waals surface area contributed by atoms with E-state index in [1.165, 1.54) is 96.7 Å². The van der Waals surface area contributed by atoms with Crippen LogP contribution in [0.3, 0.4) is 0 Å². The summed E-state index contributed by atoms with van der Waals surface area (Å²) < 4.78 is 75.8. The predicted molar refractivity (Wildman–Crippen MR) is 355 cm³/mol. The quantitative estimate of drug-likeness (QED) is 0.0225. The minimum Gasteiger partial charge on any atom is -0.477 e. The number of ether oxygens (including phenoxy) is 3. The first-order valence-corrected chi connectivity index (χ1v) is 35.6. The predicted octanol–water partition coefficient (Wildman–Crippen LogP) is 11.6. The first-order chi connectivity index (χ1) is 43.8. The molecule has 0 aromatic carbocycles.